The Balaban J connectivity index is 2.67. The van der Waals surface area contributed by atoms with Crippen molar-refractivity contribution in [3.05, 3.63) is 11.4 Å². The summed E-state index contributed by atoms with van der Waals surface area (Å²) in [5.74, 6) is -0.478. The molecule has 0 fully saturated rings. The molecule has 0 bridgehead atoms. The lowest BCUT2D eigenvalue weighted by atomic mass is 10.2. The van der Waals surface area contributed by atoms with Crippen molar-refractivity contribution >= 4 is 11.9 Å². The van der Waals surface area contributed by atoms with Gasteiger partial charge in [0.25, 0.3) is 0 Å². The molecule has 1 heterocycles. The van der Waals surface area contributed by atoms with Crippen molar-refractivity contribution in [2.45, 2.75) is 32.9 Å². The summed E-state index contributed by atoms with van der Waals surface area (Å²) in [7, 11) is 3.42. The first-order valence-corrected chi connectivity index (χ1v) is 6.50. The first kappa shape index (κ1) is 16.1. The second kappa shape index (κ2) is 7.59. The molecule has 1 rings (SSSR count). The third-order valence-corrected chi connectivity index (χ3v) is 2.76. The Bertz CT molecular complexity index is 470. The van der Waals surface area contributed by atoms with Gasteiger partial charge in [-0.3, -0.25) is 4.79 Å². The molecule has 0 spiro atoms. The van der Waals surface area contributed by atoms with E-state index in [4.69, 9.17) is 10.5 Å². The molecule has 0 radical (unpaired) electrons. The summed E-state index contributed by atoms with van der Waals surface area (Å²) in [6.45, 7) is 2.62. The van der Waals surface area contributed by atoms with E-state index in [1.54, 1.807) is 25.7 Å². The van der Waals surface area contributed by atoms with Gasteiger partial charge in [-0.1, -0.05) is 5.21 Å². The summed E-state index contributed by atoms with van der Waals surface area (Å²) in [6.07, 6.45) is 1.02. The van der Waals surface area contributed by atoms with E-state index in [2.05, 4.69) is 10.3 Å². The Morgan fingerprint density at radius 1 is 1.40 bits per heavy atom. The summed E-state index contributed by atoms with van der Waals surface area (Å²) in [5, 5.41) is 7.69. The van der Waals surface area contributed by atoms with Gasteiger partial charge in [0.2, 0.25) is 5.91 Å². The van der Waals surface area contributed by atoms with E-state index in [0.717, 1.165) is 0 Å². The smallest absolute Gasteiger partial charge is 0.360 e. The average Bonchev–Trinajstić information content (AvgIpc) is 2.81. The molecule has 0 atom stereocenters. The second-order valence-corrected chi connectivity index (χ2v) is 4.42. The molecule has 0 aliphatic heterocycles. The van der Waals surface area contributed by atoms with Crippen LogP contribution in [0, 0.1) is 0 Å². The molecule has 0 aliphatic rings. The Morgan fingerprint density at radius 3 is 2.65 bits per heavy atom. The predicted octanol–water partition coefficient (Wildman–Crippen LogP) is -0.218. The van der Waals surface area contributed by atoms with Gasteiger partial charge in [0.1, 0.15) is 0 Å². The van der Waals surface area contributed by atoms with Crippen LogP contribution in [0.1, 0.15) is 35.9 Å². The molecule has 0 saturated heterocycles. The van der Waals surface area contributed by atoms with Gasteiger partial charge in [0, 0.05) is 33.6 Å². The number of amides is 1. The molecule has 0 aliphatic carbocycles. The molecular weight excluding hydrogens is 262 g/mol. The zero-order valence-electron chi connectivity index (χ0n) is 12.1. The van der Waals surface area contributed by atoms with Crippen molar-refractivity contribution in [3.8, 4) is 0 Å². The highest BCUT2D eigenvalue weighted by Crippen LogP contribution is 2.08. The number of aromatic nitrogens is 3. The molecule has 20 heavy (non-hydrogen) atoms. The number of aryl methyl sites for hydroxylation is 1. The number of hydrogen-bond acceptors (Lipinski definition) is 6. The maximum atomic E-state index is 11.7. The minimum atomic E-state index is -0.524. The fraction of sp³-hybridized carbons (Fsp3) is 0.667. The van der Waals surface area contributed by atoms with Gasteiger partial charge in [-0.15, -0.1) is 5.10 Å². The highest BCUT2D eigenvalue weighted by atomic mass is 16.5. The maximum absolute atomic E-state index is 11.7. The number of hydrogen-bond donors (Lipinski definition) is 1. The lowest BCUT2D eigenvalue weighted by Gasteiger charge is -2.10. The Kier molecular flexibility index (Phi) is 6.10. The van der Waals surface area contributed by atoms with Crippen molar-refractivity contribution in [2.24, 2.45) is 5.73 Å². The number of esters is 1. The lowest BCUT2D eigenvalue weighted by Crippen LogP contribution is -2.22. The van der Waals surface area contributed by atoms with Crippen LogP contribution in [-0.4, -0.2) is 52.5 Å². The minimum Gasteiger partial charge on any atom is -0.461 e. The van der Waals surface area contributed by atoms with Gasteiger partial charge in [-0.05, 0) is 13.3 Å². The molecule has 0 unspecified atom stereocenters. The fourth-order valence-electron chi connectivity index (χ4n) is 1.68. The Labute approximate surface area is 117 Å². The number of nitrogens with two attached hydrogens (primary N) is 1. The summed E-state index contributed by atoms with van der Waals surface area (Å²) in [6, 6.07) is 0. The van der Waals surface area contributed by atoms with Crippen molar-refractivity contribution in [2.75, 3.05) is 20.7 Å². The van der Waals surface area contributed by atoms with Crippen LogP contribution < -0.4 is 5.73 Å². The fourth-order valence-corrected chi connectivity index (χ4v) is 1.68. The van der Waals surface area contributed by atoms with Crippen molar-refractivity contribution in [1.29, 1.82) is 0 Å². The quantitative estimate of drug-likeness (QED) is 0.694. The van der Waals surface area contributed by atoms with Crippen LogP contribution in [-0.2, 0) is 22.6 Å². The largest absolute Gasteiger partial charge is 0.461 e. The van der Waals surface area contributed by atoms with Gasteiger partial charge in [0.05, 0.1) is 12.3 Å². The maximum Gasteiger partial charge on any atom is 0.360 e. The lowest BCUT2D eigenvalue weighted by molar-refractivity contribution is -0.128. The molecular formula is C12H21N5O3. The van der Waals surface area contributed by atoms with Gasteiger partial charge >= 0.3 is 5.97 Å². The van der Waals surface area contributed by atoms with E-state index < -0.39 is 5.97 Å². The summed E-state index contributed by atoms with van der Waals surface area (Å²) < 4.78 is 6.44. The third-order valence-electron chi connectivity index (χ3n) is 2.76. The molecule has 112 valence electrons. The number of carbonyl (C=O) groups is 2. The average molecular weight is 283 g/mol. The molecule has 1 aromatic heterocycles. The molecule has 1 aromatic rings. The number of ether oxygens (including phenoxy) is 1. The molecule has 0 aromatic carbocycles. The van der Waals surface area contributed by atoms with Crippen molar-refractivity contribution in [3.63, 3.8) is 0 Å². The molecule has 8 nitrogen and oxygen atoms in total. The first-order chi connectivity index (χ1) is 9.51. The van der Waals surface area contributed by atoms with Crippen LogP contribution >= 0.6 is 0 Å². The van der Waals surface area contributed by atoms with Gasteiger partial charge in [-0.25, -0.2) is 9.48 Å². The summed E-state index contributed by atoms with van der Waals surface area (Å²) >= 11 is 0. The van der Waals surface area contributed by atoms with Crippen LogP contribution in [0.25, 0.3) is 0 Å². The van der Waals surface area contributed by atoms with Crippen LogP contribution in [0.4, 0.5) is 0 Å². The SMILES string of the molecule is CCOC(=O)c1nnn(CCCC(=O)N(C)C)c1CN. The zero-order valence-corrected chi connectivity index (χ0v) is 12.1. The highest BCUT2D eigenvalue weighted by Gasteiger charge is 2.19. The van der Waals surface area contributed by atoms with E-state index in [1.807, 2.05) is 0 Å². The first-order valence-electron chi connectivity index (χ1n) is 6.50. The van der Waals surface area contributed by atoms with E-state index in [0.29, 0.717) is 25.1 Å². The summed E-state index contributed by atoms with van der Waals surface area (Å²) in [5.41, 5.74) is 6.30. The van der Waals surface area contributed by atoms with Crippen LogP contribution in [0.3, 0.4) is 0 Å². The van der Waals surface area contributed by atoms with E-state index in [1.165, 1.54) is 4.90 Å². The van der Waals surface area contributed by atoms with Gasteiger partial charge in [-0.2, -0.15) is 0 Å². The van der Waals surface area contributed by atoms with Crippen LogP contribution in [0.2, 0.25) is 0 Å². The molecule has 1 amide bonds. The van der Waals surface area contributed by atoms with E-state index in [-0.39, 0.29) is 24.8 Å². The molecule has 2 N–H and O–H groups in total. The van der Waals surface area contributed by atoms with E-state index in [9.17, 15) is 9.59 Å². The van der Waals surface area contributed by atoms with Crippen molar-refractivity contribution < 1.29 is 14.3 Å². The van der Waals surface area contributed by atoms with Crippen LogP contribution in [0.5, 0.6) is 0 Å². The highest BCUT2D eigenvalue weighted by molar-refractivity contribution is 5.88. The second-order valence-electron chi connectivity index (χ2n) is 4.42. The standard InChI is InChI=1S/C12H21N5O3/c1-4-20-12(19)11-9(8-13)17(15-14-11)7-5-6-10(18)16(2)3/h4-8,13H2,1-3H3. The van der Waals surface area contributed by atoms with Gasteiger partial charge in [0.15, 0.2) is 5.69 Å². The predicted molar refractivity (Wildman–Crippen MR) is 71.8 cm³/mol. The third kappa shape index (κ3) is 4.02. The normalized spacial score (nSPS) is 10.4. The van der Waals surface area contributed by atoms with E-state index >= 15 is 0 Å². The van der Waals surface area contributed by atoms with Gasteiger partial charge < -0.3 is 15.4 Å². The summed E-state index contributed by atoms with van der Waals surface area (Å²) in [4.78, 5) is 24.7. The Morgan fingerprint density at radius 2 is 2.10 bits per heavy atom. The zero-order chi connectivity index (χ0) is 15.1. The molecule has 0 saturated carbocycles. The van der Waals surface area contributed by atoms with Crippen molar-refractivity contribution in [1.82, 2.24) is 19.9 Å². The monoisotopic (exact) mass is 283 g/mol. The van der Waals surface area contributed by atoms with Crippen LogP contribution in [0.15, 0.2) is 0 Å². The topological polar surface area (TPSA) is 103 Å². The minimum absolute atomic E-state index is 0.0463. The number of carbonyl (C=O) groups excluding carboxylic acids is 2. The number of nitrogens with zero attached hydrogens (tertiary/aromatic N) is 4. The number of rotatable bonds is 7. The Hall–Kier alpha value is -1.96. The molecule has 8 heteroatoms.